The minimum atomic E-state index is -0.173. The van der Waals surface area contributed by atoms with Gasteiger partial charge in [-0.2, -0.15) is 0 Å². The predicted molar refractivity (Wildman–Crippen MR) is 62.8 cm³/mol. The minimum absolute atomic E-state index is 0.173. The van der Waals surface area contributed by atoms with Crippen molar-refractivity contribution in [3.05, 3.63) is 26.9 Å². The molecule has 0 aliphatic rings. The van der Waals surface area contributed by atoms with E-state index in [4.69, 9.17) is 0 Å². The van der Waals surface area contributed by atoms with Crippen molar-refractivity contribution in [3.63, 3.8) is 0 Å². The van der Waals surface area contributed by atoms with E-state index in [9.17, 15) is 4.39 Å². The number of hydrogen-bond donors (Lipinski definition) is 0. The van der Waals surface area contributed by atoms with Crippen LogP contribution in [0.4, 0.5) is 4.39 Å². The van der Waals surface area contributed by atoms with Crippen LogP contribution in [0.5, 0.6) is 0 Å². The molecule has 0 atom stereocenters. The summed E-state index contributed by atoms with van der Waals surface area (Å²) in [5.74, 6) is 0.763. The summed E-state index contributed by atoms with van der Waals surface area (Å²) in [6, 6.07) is 3.56. The molecule has 4 heteroatoms. The lowest BCUT2D eigenvalue weighted by Gasteiger charge is -2.05. The Balaban J connectivity index is 2.96. The van der Waals surface area contributed by atoms with Gasteiger partial charge in [0.25, 0.3) is 0 Å². The molecule has 0 fully saturated rings. The third-order valence-electron chi connectivity index (χ3n) is 1.45. The van der Waals surface area contributed by atoms with Gasteiger partial charge in [0.05, 0.1) is 9.37 Å². The van der Waals surface area contributed by atoms with Crippen molar-refractivity contribution in [1.29, 1.82) is 0 Å². The molecule has 0 saturated heterocycles. The predicted octanol–water partition coefficient (Wildman–Crippen LogP) is 4.85. The van der Waals surface area contributed by atoms with Gasteiger partial charge in [0, 0.05) is 4.47 Å². The van der Waals surface area contributed by atoms with E-state index in [0.29, 0.717) is 9.37 Å². The molecule has 0 heterocycles. The Morgan fingerprint density at radius 3 is 2.54 bits per heavy atom. The lowest BCUT2D eigenvalue weighted by atomic mass is 10.3. The van der Waals surface area contributed by atoms with E-state index >= 15 is 0 Å². The SMILES string of the molecule is CCCSc1c(Br)ccc(Br)c1F. The van der Waals surface area contributed by atoms with Gasteiger partial charge in [-0.3, -0.25) is 0 Å². The van der Waals surface area contributed by atoms with Crippen molar-refractivity contribution in [2.24, 2.45) is 0 Å². The highest BCUT2D eigenvalue weighted by atomic mass is 79.9. The normalized spacial score (nSPS) is 10.5. The number of thioether (sulfide) groups is 1. The van der Waals surface area contributed by atoms with E-state index in [1.165, 1.54) is 11.8 Å². The second-order valence-electron chi connectivity index (χ2n) is 2.52. The molecule has 0 aromatic heterocycles. The number of halogens is 3. The minimum Gasteiger partial charge on any atom is -0.204 e. The highest BCUT2D eigenvalue weighted by molar-refractivity contribution is 9.11. The maximum Gasteiger partial charge on any atom is 0.152 e. The summed E-state index contributed by atoms with van der Waals surface area (Å²) in [6.45, 7) is 2.08. The second kappa shape index (κ2) is 5.37. The van der Waals surface area contributed by atoms with E-state index in [1.807, 2.05) is 6.07 Å². The molecule has 0 N–H and O–H groups in total. The molecule has 0 nitrogen and oxygen atoms in total. The summed E-state index contributed by atoms with van der Waals surface area (Å²) >= 11 is 8.03. The molecule has 1 aromatic carbocycles. The average molecular weight is 328 g/mol. The van der Waals surface area contributed by atoms with Crippen molar-refractivity contribution in [2.45, 2.75) is 18.2 Å². The van der Waals surface area contributed by atoms with E-state index in [2.05, 4.69) is 38.8 Å². The fourth-order valence-electron chi connectivity index (χ4n) is 0.845. The Morgan fingerprint density at radius 2 is 1.92 bits per heavy atom. The number of rotatable bonds is 3. The van der Waals surface area contributed by atoms with E-state index < -0.39 is 0 Å². The number of benzene rings is 1. The van der Waals surface area contributed by atoms with Crippen LogP contribution in [0.1, 0.15) is 13.3 Å². The molecule has 1 rings (SSSR count). The van der Waals surface area contributed by atoms with Gasteiger partial charge >= 0.3 is 0 Å². The van der Waals surface area contributed by atoms with Crippen LogP contribution in [-0.4, -0.2) is 5.75 Å². The highest BCUT2D eigenvalue weighted by Gasteiger charge is 2.10. The van der Waals surface area contributed by atoms with Crippen molar-refractivity contribution in [1.82, 2.24) is 0 Å². The van der Waals surface area contributed by atoms with Crippen molar-refractivity contribution < 1.29 is 4.39 Å². The molecule has 0 unspecified atom stereocenters. The van der Waals surface area contributed by atoms with Crippen LogP contribution in [0.25, 0.3) is 0 Å². The number of hydrogen-bond acceptors (Lipinski definition) is 1. The molecule has 0 amide bonds. The topological polar surface area (TPSA) is 0 Å². The quantitative estimate of drug-likeness (QED) is 0.564. The summed E-state index contributed by atoms with van der Waals surface area (Å²) < 4.78 is 14.8. The van der Waals surface area contributed by atoms with Crippen molar-refractivity contribution in [2.75, 3.05) is 5.75 Å². The van der Waals surface area contributed by atoms with Gasteiger partial charge in [-0.15, -0.1) is 11.8 Å². The molecule has 1 aromatic rings. The molecule has 0 spiro atoms. The maximum atomic E-state index is 13.5. The van der Waals surface area contributed by atoms with Crippen LogP contribution in [0, 0.1) is 5.82 Å². The fraction of sp³-hybridized carbons (Fsp3) is 0.333. The zero-order valence-electron chi connectivity index (χ0n) is 7.11. The van der Waals surface area contributed by atoms with Gasteiger partial charge in [-0.1, -0.05) is 6.92 Å². The summed E-state index contributed by atoms with van der Waals surface area (Å²) in [5, 5.41) is 0. The first kappa shape index (κ1) is 11.5. The highest BCUT2D eigenvalue weighted by Crippen LogP contribution is 2.34. The van der Waals surface area contributed by atoms with Crippen LogP contribution in [0.3, 0.4) is 0 Å². The van der Waals surface area contributed by atoms with E-state index in [0.717, 1.165) is 16.6 Å². The Kier molecular flexibility index (Phi) is 4.76. The van der Waals surface area contributed by atoms with Gasteiger partial charge in [0.2, 0.25) is 0 Å². The van der Waals surface area contributed by atoms with Crippen LogP contribution in [0.2, 0.25) is 0 Å². The fourth-order valence-corrected chi connectivity index (χ4v) is 2.81. The molecular formula is C9H9Br2FS. The summed E-state index contributed by atoms with van der Waals surface area (Å²) in [5.41, 5.74) is 0. The van der Waals surface area contributed by atoms with Gasteiger partial charge in [-0.25, -0.2) is 4.39 Å². The standard InChI is InChI=1S/C9H9Br2FS/c1-2-5-13-9-7(11)4-3-6(10)8(9)12/h3-4H,2,5H2,1H3. The zero-order chi connectivity index (χ0) is 9.84. The van der Waals surface area contributed by atoms with Gasteiger partial charge in [0.15, 0.2) is 5.82 Å². The molecule has 13 heavy (non-hydrogen) atoms. The zero-order valence-corrected chi connectivity index (χ0v) is 11.1. The lowest BCUT2D eigenvalue weighted by molar-refractivity contribution is 0.593. The van der Waals surface area contributed by atoms with Crippen LogP contribution in [0.15, 0.2) is 26.0 Å². The first-order chi connectivity index (χ1) is 6.16. The Bertz CT molecular complexity index is 302. The molecular weight excluding hydrogens is 319 g/mol. The Morgan fingerprint density at radius 1 is 1.31 bits per heavy atom. The summed E-state index contributed by atoms with van der Waals surface area (Å²) in [6.07, 6.45) is 1.04. The molecule has 0 radical (unpaired) electrons. The van der Waals surface area contributed by atoms with Gasteiger partial charge in [-0.05, 0) is 56.2 Å². The monoisotopic (exact) mass is 326 g/mol. The van der Waals surface area contributed by atoms with E-state index in [-0.39, 0.29) is 5.82 Å². The molecule has 0 saturated carbocycles. The van der Waals surface area contributed by atoms with Crippen molar-refractivity contribution in [3.8, 4) is 0 Å². The molecule has 0 bridgehead atoms. The maximum absolute atomic E-state index is 13.5. The molecule has 72 valence electrons. The van der Waals surface area contributed by atoms with Crippen LogP contribution < -0.4 is 0 Å². The average Bonchev–Trinajstić information content (AvgIpc) is 2.12. The molecule has 0 aliphatic carbocycles. The summed E-state index contributed by atoms with van der Waals surface area (Å²) in [4.78, 5) is 0.691. The first-order valence-electron chi connectivity index (χ1n) is 3.93. The van der Waals surface area contributed by atoms with Gasteiger partial charge < -0.3 is 0 Å². The van der Waals surface area contributed by atoms with Crippen molar-refractivity contribution >= 4 is 43.6 Å². The Hall–Kier alpha value is 0.460. The van der Waals surface area contributed by atoms with Gasteiger partial charge in [0.1, 0.15) is 0 Å². The third kappa shape index (κ3) is 2.96. The first-order valence-corrected chi connectivity index (χ1v) is 6.50. The third-order valence-corrected chi connectivity index (χ3v) is 4.29. The Labute approximate surface area is 98.5 Å². The lowest BCUT2D eigenvalue weighted by Crippen LogP contribution is -1.86. The smallest absolute Gasteiger partial charge is 0.152 e. The second-order valence-corrected chi connectivity index (χ2v) is 5.33. The molecule has 0 aliphatic heterocycles. The van der Waals surface area contributed by atoms with Crippen LogP contribution in [-0.2, 0) is 0 Å². The van der Waals surface area contributed by atoms with Crippen LogP contribution >= 0.6 is 43.6 Å². The summed E-state index contributed by atoms with van der Waals surface area (Å²) in [7, 11) is 0. The largest absolute Gasteiger partial charge is 0.204 e. The van der Waals surface area contributed by atoms with E-state index in [1.54, 1.807) is 6.07 Å².